The van der Waals surface area contributed by atoms with Crippen LogP contribution in [0.25, 0.3) is 0 Å². The van der Waals surface area contributed by atoms with Gasteiger partial charge in [0.15, 0.2) is 5.78 Å². The van der Waals surface area contributed by atoms with Gasteiger partial charge in [0.2, 0.25) is 0 Å². The fourth-order valence-electron chi connectivity index (χ4n) is 3.98. The summed E-state index contributed by atoms with van der Waals surface area (Å²) in [6, 6.07) is 0. The van der Waals surface area contributed by atoms with E-state index in [0.29, 0.717) is 29.5 Å². The smallest absolute Gasteiger partial charge is 0.165 e. The maximum absolute atomic E-state index is 11.7. The number of Topliss-reactive ketones (excluding diaryl/α,β-unsaturated/α-hetero) is 1. The predicted molar refractivity (Wildman–Crippen MR) is 46.0 cm³/mol. The molecule has 5 rings (SSSR count). The van der Waals surface area contributed by atoms with Crippen LogP contribution in [0.15, 0.2) is 12.2 Å². The Morgan fingerprint density at radius 3 is 3.15 bits per heavy atom. The molecular formula is C11H12O2. The lowest BCUT2D eigenvalue weighted by Gasteiger charge is -2.56. The Bertz CT molecular complexity index is 333. The van der Waals surface area contributed by atoms with E-state index in [-0.39, 0.29) is 5.60 Å². The van der Waals surface area contributed by atoms with Gasteiger partial charge in [-0.15, -0.1) is 0 Å². The first-order valence-electron chi connectivity index (χ1n) is 5.18. The summed E-state index contributed by atoms with van der Waals surface area (Å²) in [5.41, 5.74) is -0.317. The summed E-state index contributed by atoms with van der Waals surface area (Å²) in [6.07, 6.45) is 6.61. The zero-order chi connectivity index (χ0) is 8.63. The summed E-state index contributed by atoms with van der Waals surface area (Å²) in [5.74, 6) is 2.64. The number of carbonyl (C=O) groups is 1. The van der Waals surface area contributed by atoms with Crippen molar-refractivity contribution in [1.82, 2.24) is 0 Å². The van der Waals surface area contributed by atoms with Gasteiger partial charge in [0, 0.05) is 18.3 Å². The second-order valence-corrected chi connectivity index (χ2v) is 4.91. The number of rotatable bonds is 0. The van der Waals surface area contributed by atoms with Crippen LogP contribution in [0.1, 0.15) is 12.8 Å². The number of allylic oxidation sites excluding steroid dienone is 1. The van der Waals surface area contributed by atoms with E-state index in [9.17, 15) is 4.79 Å². The third-order valence-electron chi connectivity index (χ3n) is 4.59. The van der Waals surface area contributed by atoms with Gasteiger partial charge in [-0.3, -0.25) is 4.79 Å². The second-order valence-electron chi connectivity index (χ2n) is 4.91. The molecule has 13 heavy (non-hydrogen) atoms. The highest BCUT2D eigenvalue weighted by Gasteiger charge is 2.70. The third kappa shape index (κ3) is 0.507. The van der Waals surface area contributed by atoms with Crippen LogP contribution in [0.4, 0.5) is 0 Å². The molecule has 0 radical (unpaired) electrons. The maximum atomic E-state index is 11.7. The van der Waals surface area contributed by atoms with E-state index in [1.54, 1.807) is 0 Å². The van der Waals surface area contributed by atoms with Crippen molar-refractivity contribution in [3.05, 3.63) is 12.2 Å². The van der Waals surface area contributed by atoms with Crippen LogP contribution in [-0.4, -0.2) is 18.0 Å². The first kappa shape index (κ1) is 6.77. The quantitative estimate of drug-likeness (QED) is 0.518. The van der Waals surface area contributed by atoms with Gasteiger partial charge < -0.3 is 4.74 Å². The van der Waals surface area contributed by atoms with Gasteiger partial charge in [-0.25, -0.2) is 0 Å². The third-order valence-corrected chi connectivity index (χ3v) is 4.59. The Labute approximate surface area is 77.0 Å². The average Bonchev–Trinajstić information content (AvgIpc) is 2.50. The van der Waals surface area contributed by atoms with Crippen molar-refractivity contribution >= 4 is 5.78 Å². The molecule has 1 spiro atoms. The monoisotopic (exact) mass is 176 g/mol. The lowest BCUT2D eigenvalue weighted by atomic mass is 9.48. The Morgan fingerprint density at radius 2 is 2.38 bits per heavy atom. The van der Waals surface area contributed by atoms with Crippen LogP contribution < -0.4 is 0 Å². The average molecular weight is 176 g/mol. The highest BCUT2D eigenvalue weighted by molar-refractivity contribution is 5.96. The van der Waals surface area contributed by atoms with E-state index in [1.807, 2.05) is 0 Å². The molecule has 1 saturated heterocycles. The molecule has 0 aromatic heterocycles. The molecule has 5 atom stereocenters. The lowest BCUT2D eigenvalue weighted by Crippen LogP contribution is -2.65. The van der Waals surface area contributed by atoms with E-state index >= 15 is 0 Å². The topological polar surface area (TPSA) is 26.3 Å². The number of carbonyl (C=O) groups excluding carboxylic acids is 1. The first-order valence-corrected chi connectivity index (χ1v) is 5.18. The molecular weight excluding hydrogens is 164 g/mol. The molecule has 0 aromatic carbocycles. The van der Waals surface area contributed by atoms with E-state index in [0.717, 1.165) is 13.0 Å². The maximum Gasteiger partial charge on any atom is 0.165 e. The number of ketones is 1. The van der Waals surface area contributed by atoms with Crippen molar-refractivity contribution in [3.63, 3.8) is 0 Å². The van der Waals surface area contributed by atoms with Crippen LogP contribution in [0, 0.1) is 23.7 Å². The Kier molecular flexibility index (Phi) is 0.916. The van der Waals surface area contributed by atoms with Crippen LogP contribution in [0.3, 0.4) is 0 Å². The van der Waals surface area contributed by atoms with Crippen LogP contribution in [-0.2, 0) is 9.53 Å². The fraction of sp³-hybridized carbons (Fsp3) is 0.727. The van der Waals surface area contributed by atoms with Crippen LogP contribution >= 0.6 is 0 Å². The molecule has 5 aliphatic rings. The Hall–Kier alpha value is -0.630. The van der Waals surface area contributed by atoms with Gasteiger partial charge in [-0.2, -0.15) is 0 Å². The predicted octanol–water partition coefficient (Wildman–Crippen LogP) is 1.17. The molecule has 2 nitrogen and oxygen atoms in total. The number of ether oxygens (including phenoxy) is 1. The van der Waals surface area contributed by atoms with Crippen molar-refractivity contribution in [3.8, 4) is 0 Å². The highest BCUT2D eigenvalue weighted by Crippen LogP contribution is 2.63. The van der Waals surface area contributed by atoms with Crippen LogP contribution in [0.2, 0.25) is 0 Å². The molecule has 0 aromatic rings. The molecule has 1 heterocycles. The molecule has 2 saturated carbocycles. The van der Waals surface area contributed by atoms with Gasteiger partial charge in [0.05, 0.1) is 6.61 Å². The molecule has 1 aliphatic heterocycles. The van der Waals surface area contributed by atoms with Crippen molar-refractivity contribution < 1.29 is 9.53 Å². The zero-order valence-electron chi connectivity index (χ0n) is 7.40. The molecule has 4 aliphatic carbocycles. The minimum Gasteiger partial charge on any atom is -0.366 e. The van der Waals surface area contributed by atoms with E-state index in [1.165, 1.54) is 6.42 Å². The molecule has 3 fully saturated rings. The number of hydrogen-bond donors (Lipinski definition) is 0. The molecule has 2 heteroatoms. The minimum atomic E-state index is -0.317. The summed E-state index contributed by atoms with van der Waals surface area (Å²) in [7, 11) is 0. The largest absolute Gasteiger partial charge is 0.366 e. The van der Waals surface area contributed by atoms with Gasteiger partial charge in [0.1, 0.15) is 5.60 Å². The van der Waals surface area contributed by atoms with E-state index in [2.05, 4.69) is 12.2 Å². The highest BCUT2D eigenvalue weighted by atomic mass is 16.5. The molecule has 4 bridgehead atoms. The summed E-state index contributed by atoms with van der Waals surface area (Å²) in [4.78, 5) is 11.7. The standard InChI is InChI=1S/C11H12O2/c12-10-4-9-6-1-2-8-7(3-6)5-13-11(8,9)10/h1-2,6-9H,3-5H2. The molecule has 0 amide bonds. The zero-order valence-corrected chi connectivity index (χ0v) is 7.40. The number of hydrogen-bond acceptors (Lipinski definition) is 2. The van der Waals surface area contributed by atoms with Gasteiger partial charge in [0.25, 0.3) is 0 Å². The van der Waals surface area contributed by atoms with Crippen molar-refractivity contribution in [2.45, 2.75) is 18.4 Å². The normalized spacial score (nSPS) is 60.8. The summed E-state index contributed by atoms with van der Waals surface area (Å²) >= 11 is 0. The Morgan fingerprint density at radius 1 is 1.46 bits per heavy atom. The Balaban J connectivity index is 1.95. The summed E-state index contributed by atoms with van der Waals surface area (Å²) < 4.78 is 5.81. The van der Waals surface area contributed by atoms with Crippen LogP contribution in [0.5, 0.6) is 0 Å². The lowest BCUT2D eigenvalue weighted by molar-refractivity contribution is -0.178. The van der Waals surface area contributed by atoms with Gasteiger partial charge in [-0.05, 0) is 18.3 Å². The molecule has 5 unspecified atom stereocenters. The van der Waals surface area contributed by atoms with E-state index < -0.39 is 0 Å². The second kappa shape index (κ2) is 1.76. The summed E-state index contributed by atoms with van der Waals surface area (Å²) in [6.45, 7) is 0.827. The van der Waals surface area contributed by atoms with Crippen molar-refractivity contribution in [2.24, 2.45) is 23.7 Å². The molecule has 68 valence electrons. The molecule has 0 N–H and O–H groups in total. The van der Waals surface area contributed by atoms with E-state index in [4.69, 9.17) is 4.74 Å². The van der Waals surface area contributed by atoms with Gasteiger partial charge >= 0.3 is 0 Å². The minimum absolute atomic E-state index is 0.317. The fourth-order valence-corrected chi connectivity index (χ4v) is 3.98. The van der Waals surface area contributed by atoms with Crippen molar-refractivity contribution in [1.29, 1.82) is 0 Å². The van der Waals surface area contributed by atoms with Crippen molar-refractivity contribution in [2.75, 3.05) is 6.61 Å². The SMILES string of the molecule is O=C1CC2C3C=CC4C(COC142)C3. The van der Waals surface area contributed by atoms with Gasteiger partial charge in [-0.1, -0.05) is 12.2 Å². The first-order chi connectivity index (χ1) is 6.32. The summed E-state index contributed by atoms with van der Waals surface area (Å²) in [5, 5.41) is 0.